The third kappa shape index (κ3) is 2.11. The molecule has 5 N–H and O–H groups in total. The lowest BCUT2D eigenvalue weighted by atomic mass is 10.1. The van der Waals surface area contributed by atoms with Crippen molar-refractivity contribution in [2.45, 2.75) is 13.3 Å². The van der Waals surface area contributed by atoms with Crippen LogP contribution in [0.3, 0.4) is 0 Å². The minimum Gasteiger partial charge on any atom is -0.481 e. The van der Waals surface area contributed by atoms with Gasteiger partial charge in [-0.2, -0.15) is 0 Å². The Hall–Kier alpha value is -1.71. The zero-order valence-electron chi connectivity index (χ0n) is 7.37. The number of rotatable bonds is 2. The van der Waals surface area contributed by atoms with Gasteiger partial charge in [-0.1, -0.05) is 6.07 Å². The Labute approximate surface area is 76.2 Å². The van der Waals surface area contributed by atoms with Crippen LogP contribution >= 0.6 is 0 Å². The first-order chi connectivity index (χ1) is 6.00. The molecular formula is C9H12N2O2. The second-order valence-electron chi connectivity index (χ2n) is 3.00. The van der Waals surface area contributed by atoms with E-state index in [-0.39, 0.29) is 6.42 Å². The van der Waals surface area contributed by atoms with Crippen LogP contribution in [0.5, 0.6) is 0 Å². The highest BCUT2D eigenvalue weighted by molar-refractivity contribution is 5.77. The van der Waals surface area contributed by atoms with Crippen molar-refractivity contribution < 1.29 is 9.90 Å². The van der Waals surface area contributed by atoms with Gasteiger partial charge in [-0.05, 0) is 24.1 Å². The highest BCUT2D eigenvalue weighted by Gasteiger charge is 2.07. The Balaban J connectivity index is 3.12. The van der Waals surface area contributed by atoms with E-state index in [1.807, 2.05) is 6.92 Å². The smallest absolute Gasteiger partial charge is 0.307 e. The van der Waals surface area contributed by atoms with E-state index >= 15 is 0 Å². The summed E-state index contributed by atoms with van der Waals surface area (Å²) in [5.41, 5.74) is 13.5. The number of benzene rings is 1. The average Bonchev–Trinajstić information content (AvgIpc) is 1.98. The molecule has 1 rings (SSSR count). The van der Waals surface area contributed by atoms with Gasteiger partial charge in [-0.15, -0.1) is 0 Å². The monoisotopic (exact) mass is 180 g/mol. The number of nitrogen functional groups attached to an aromatic ring is 2. The molecule has 0 bridgehead atoms. The molecule has 1 aromatic carbocycles. The molecule has 0 radical (unpaired) electrons. The van der Waals surface area contributed by atoms with Gasteiger partial charge in [0.05, 0.1) is 17.8 Å². The maximum absolute atomic E-state index is 10.4. The van der Waals surface area contributed by atoms with E-state index in [4.69, 9.17) is 16.6 Å². The molecule has 70 valence electrons. The van der Waals surface area contributed by atoms with Gasteiger partial charge in [0, 0.05) is 0 Å². The lowest BCUT2D eigenvalue weighted by molar-refractivity contribution is -0.136. The quantitative estimate of drug-likeness (QED) is 0.587. The molecule has 4 heteroatoms. The normalized spacial score (nSPS) is 9.92. The summed E-state index contributed by atoms with van der Waals surface area (Å²) in [6.07, 6.45) is -0.0856. The molecule has 0 aliphatic carbocycles. The number of hydrogen-bond donors (Lipinski definition) is 3. The van der Waals surface area contributed by atoms with Crippen molar-refractivity contribution >= 4 is 17.3 Å². The van der Waals surface area contributed by atoms with Crippen LogP contribution in [0.2, 0.25) is 0 Å². The molecule has 4 nitrogen and oxygen atoms in total. The lowest BCUT2D eigenvalue weighted by Gasteiger charge is -2.07. The molecule has 1 aromatic rings. The molecule has 0 atom stereocenters. The molecule has 0 aliphatic rings. The SMILES string of the molecule is Cc1cc(N)c(N)c(CC(=O)O)c1. The molecule has 0 amide bonds. The van der Waals surface area contributed by atoms with Gasteiger partial charge < -0.3 is 16.6 Å². The fraction of sp³-hybridized carbons (Fsp3) is 0.222. The number of hydrogen-bond acceptors (Lipinski definition) is 3. The second-order valence-corrected chi connectivity index (χ2v) is 3.00. The van der Waals surface area contributed by atoms with Gasteiger partial charge in [0.2, 0.25) is 0 Å². The van der Waals surface area contributed by atoms with E-state index in [2.05, 4.69) is 0 Å². The zero-order valence-corrected chi connectivity index (χ0v) is 7.37. The minimum absolute atomic E-state index is 0.0856. The summed E-state index contributed by atoms with van der Waals surface area (Å²) >= 11 is 0. The van der Waals surface area contributed by atoms with Gasteiger partial charge in [0.15, 0.2) is 0 Å². The maximum atomic E-state index is 10.4. The van der Waals surface area contributed by atoms with Crippen molar-refractivity contribution in [1.29, 1.82) is 0 Å². The summed E-state index contributed by atoms with van der Waals surface area (Å²) < 4.78 is 0. The highest BCUT2D eigenvalue weighted by atomic mass is 16.4. The summed E-state index contributed by atoms with van der Waals surface area (Å²) in [5.74, 6) is -0.906. The van der Waals surface area contributed by atoms with Crippen LogP contribution in [0.25, 0.3) is 0 Å². The number of aryl methyl sites for hydroxylation is 1. The maximum Gasteiger partial charge on any atom is 0.307 e. The first kappa shape index (κ1) is 9.38. The van der Waals surface area contributed by atoms with Crippen molar-refractivity contribution in [3.63, 3.8) is 0 Å². The van der Waals surface area contributed by atoms with Crippen molar-refractivity contribution in [1.82, 2.24) is 0 Å². The van der Waals surface area contributed by atoms with Gasteiger partial charge in [-0.25, -0.2) is 0 Å². The summed E-state index contributed by atoms with van der Waals surface area (Å²) in [5, 5.41) is 8.58. The van der Waals surface area contributed by atoms with Crippen molar-refractivity contribution in [3.05, 3.63) is 23.3 Å². The second kappa shape index (κ2) is 3.35. The number of aliphatic carboxylic acids is 1. The number of anilines is 2. The summed E-state index contributed by atoms with van der Waals surface area (Å²) in [4.78, 5) is 10.4. The summed E-state index contributed by atoms with van der Waals surface area (Å²) in [6, 6.07) is 3.46. The summed E-state index contributed by atoms with van der Waals surface area (Å²) in [7, 11) is 0. The van der Waals surface area contributed by atoms with Crippen LogP contribution < -0.4 is 11.5 Å². The molecule has 0 saturated heterocycles. The Morgan fingerprint density at radius 1 is 1.46 bits per heavy atom. The summed E-state index contributed by atoms with van der Waals surface area (Å²) in [6.45, 7) is 1.85. The Morgan fingerprint density at radius 2 is 2.08 bits per heavy atom. The van der Waals surface area contributed by atoms with Crippen molar-refractivity contribution in [2.24, 2.45) is 0 Å². The van der Waals surface area contributed by atoms with Crippen molar-refractivity contribution in [2.75, 3.05) is 11.5 Å². The largest absolute Gasteiger partial charge is 0.481 e. The molecule has 0 fully saturated rings. The molecule has 13 heavy (non-hydrogen) atoms. The van der Waals surface area contributed by atoms with E-state index in [9.17, 15) is 4.79 Å². The van der Waals surface area contributed by atoms with Crippen LogP contribution in [-0.4, -0.2) is 11.1 Å². The Morgan fingerprint density at radius 3 is 2.62 bits per heavy atom. The molecule has 0 aromatic heterocycles. The molecule has 0 unspecified atom stereocenters. The first-order valence-corrected chi connectivity index (χ1v) is 3.87. The van der Waals surface area contributed by atoms with Crippen LogP contribution in [0.1, 0.15) is 11.1 Å². The van der Waals surface area contributed by atoms with Crippen LogP contribution in [-0.2, 0) is 11.2 Å². The molecule has 0 saturated carbocycles. The number of carboxylic acids is 1. The number of carbonyl (C=O) groups is 1. The average molecular weight is 180 g/mol. The highest BCUT2D eigenvalue weighted by Crippen LogP contribution is 2.22. The topological polar surface area (TPSA) is 89.3 Å². The Bertz CT molecular complexity index is 348. The van der Waals surface area contributed by atoms with Crippen LogP contribution in [0.4, 0.5) is 11.4 Å². The van der Waals surface area contributed by atoms with Crippen LogP contribution in [0, 0.1) is 6.92 Å². The predicted molar refractivity (Wildman–Crippen MR) is 51.3 cm³/mol. The fourth-order valence-electron chi connectivity index (χ4n) is 1.21. The van der Waals surface area contributed by atoms with Gasteiger partial charge in [-0.3, -0.25) is 4.79 Å². The van der Waals surface area contributed by atoms with Gasteiger partial charge in [0.1, 0.15) is 0 Å². The third-order valence-corrected chi connectivity index (χ3v) is 1.78. The molecule has 0 spiro atoms. The van der Waals surface area contributed by atoms with Gasteiger partial charge in [0.25, 0.3) is 0 Å². The predicted octanol–water partition coefficient (Wildman–Crippen LogP) is 0.787. The number of nitrogens with two attached hydrogens (primary N) is 2. The molecule has 0 aliphatic heterocycles. The molecular weight excluding hydrogens is 168 g/mol. The van der Waals surface area contributed by atoms with Crippen LogP contribution in [0.15, 0.2) is 12.1 Å². The van der Waals surface area contributed by atoms with E-state index < -0.39 is 5.97 Å². The van der Waals surface area contributed by atoms with Gasteiger partial charge >= 0.3 is 5.97 Å². The Kier molecular flexibility index (Phi) is 2.41. The lowest BCUT2D eigenvalue weighted by Crippen LogP contribution is -2.06. The molecule has 0 heterocycles. The first-order valence-electron chi connectivity index (χ1n) is 3.87. The standard InChI is InChI=1S/C9H12N2O2/c1-5-2-6(4-8(12)13)9(11)7(10)3-5/h2-3H,4,10-11H2,1H3,(H,12,13). The minimum atomic E-state index is -0.906. The van der Waals surface area contributed by atoms with E-state index in [1.54, 1.807) is 12.1 Å². The van der Waals surface area contributed by atoms with E-state index in [1.165, 1.54) is 0 Å². The van der Waals surface area contributed by atoms with Crippen molar-refractivity contribution in [3.8, 4) is 0 Å². The fourth-order valence-corrected chi connectivity index (χ4v) is 1.21. The van der Waals surface area contributed by atoms with E-state index in [0.29, 0.717) is 16.9 Å². The van der Waals surface area contributed by atoms with E-state index in [0.717, 1.165) is 5.56 Å². The zero-order chi connectivity index (χ0) is 10.0. The number of carboxylic acid groups (broad SMARTS) is 1. The third-order valence-electron chi connectivity index (χ3n) is 1.78.